The van der Waals surface area contributed by atoms with Gasteiger partial charge >= 0.3 is 0 Å². The van der Waals surface area contributed by atoms with E-state index >= 15 is 0 Å². The highest BCUT2D eigenvalue weighted by atomic mass is 79.9. The van der Waals surface area contributed by atoms with Crippen molar-refractivity contribution in [3.8, 4) is 0 Å². The Morgan fingerprint density at radius 2 is 2.39 bits per heavy atom. The van der Waals surface area contributed by atoms with Gasteiger partial charge in [0.2, 0.25) is 0 Å². The van der Waals surface area contributed by atoms with E-state index in [2.05, 4.69) is 26.2 Å². The molecule has 2 unspecified atom stereocenters. The van der Waals surface area contributed by atoms with Crippen molar-refractivity contribution < 1.29 is 4.79 Å². The lowest BCUT2D eigenvalue weighted by Gasteiger charge is -2.25. The summed E-state index contributed by atoms with van der Waals surface area (Å²) < 4.78 is 0. The molecule has 0 radical (unpaired) electrons. The number of carbonyl (C=O) groups excluding carboxylic acids is 1. The van der Waals surface area contributed by atoms with Crippen LogP contribution in [-0.2, 0) is 0 Å². The predicted octanol–water partition coefficient (Wildman–Crippen LogP) is 3.42. The Kier molecular flexibility index (Phi) is 5.01. The fraction of sp³-hybridized carbons (Fsp3) is 0.538. The molecule has 1 fully saturated rings. The van der Waals surface area contributed by atoms with E-state index < -0.39 is 0 Å². The molecule has 1 aliphatic rings. The second kappa shape index (κ2) is 6.53. The van der Waals surface area contributed by atoms with E-state index in [1.165, 1.54) is 25.5 Å². The van der Waals surface area contributed by atoms with E-state index in [-0.39, 0.29) is 5.91 Å². The van der Waals surface area contributed by atoms with E-state index in [4.69, 9.17) is 11.6 Å². The number of hydrogen-bond donors (Lipinski definition) is 1. The molecule has 18 heavy (non-hydrogen) atoms. The summed E-state index contributed by atoms with van der Waals surface area (Å²) in [5.41, 5.74) is 0.498. The molecule has 5 heteroatoms. The summed E-state index contributed by atoms with van der Waals surface area (Å²) >= 11 is 9.58. The molecule has 1 aromatic heterocycles. The maximum absolute atomic E-state index is 12.0. The Morgan fingerprint density at radius 3 is 3.11 bits per heavy atom. The second-order valence-corrected chi connectivity index (χ2v) is 6.40. The van der Waals surface area contributed by atoms with Gasteiger partial charge in [0, 0.05) is 23.8 Å². The van der Waals surface area contributed by atoms with Crippen LogP contribution in [0.3, 0.4) is 0 Å². The fourth-order valence-electron chi connectivity index (χ4n) is 2.30. The van der Waals surface area contributed by atoms with Gasteiger partial charge in [-0.25, -0.2) is 0 Å². The number of alkyl halides is 1. The standard InChI is InChI=1S/C13H16BrClN2O/c14-10-3-1-2-9(6-10)7-17-13(18)11-4-5-16-8-12(11)15/h4-5,8-10H,1-3,6-7H2,(H,17,18). The van der Waals surface area contributed by atoms with Crippen molar-refractivity contribution in [2.75, 3.05) is 6.54 Å². The van der Waals surface area contributed by atoms with Crippen LogP contribution in [0.2, 0.25) is 5.02 Å². The summed E-state index contributed by atoms with van der Waals surface area (Å²) in [7, 11) is 0. The molecule has 0 bridgehead atoms. The first-order valence-electron chi connectivity index (χ1n) is 6.18. The normalized spacial score (nSPS) is 23.7. The van der Waals surface area contributed by atoms with Crippen molar-refractivity contribution in [3.05, 3.63) is 29.0 Å². The van der Waals surface area contributed by atoms with Crippen molar-refractivity contribution in [1.82, 2.24) is 10.3 Å². The minimum absolute atomic E-state index is 0.112. The maximum Gasteiger partial charge on any atom is 0.252 e. The lowest BCUT2D eigenvalue weighted by molar-refractivity contribution is 0.0944. The molecule has 2 rings (SSSR count). The largest absolute Gasteiger partial charge is 0.352 e. The molecule has 3 nitrogen and oxygen atoms in total. The molecule has 0 aliphatic heterocycles. The van der Waals surface area contributed by atoms with Crippen LogP contribution in [0.1, 0.15) is 36.0 Å². The molecule has 0 saturated heterocycles. The Morgan fingerprint density at radius 1 is 1.56 bits per heavy atom. The molecule has 2 atom stereocenters. The number of rotatable bonds is 3. The zero-order valence-electron chi connectivity index (χ0n) is 10.0. The fourth-order valence-corrected chi connectivity index (χ4v) is 3.36. The van der Waals surface area contributed by atoms with Gasteiger partial charge in [-0.05, 0) is 31.2 Å². The topological polar surface area (TPSA) is 42.0 Å². The van der Waals surface area contributed by atoms with Gasteiger partial charge in [0.1, 0.15) is 0 Å². The highest BCUT2D eigenvalue weighted by Crippen LogP contribution is 2.28. The minimum Gasteiger partial charge on any atom is -0.352 e. The van der Waals surface area contributed by atoms with E-state index in [0.29, 0.717) is 21.3 Å². The van der Waals surface area contributed by atoms with Crippen LogP contribution in [0, 0.1) is 5.92 Å². The molecule has 0 spiro atoms. The van der Waals surface area contributed by atoms with Gasteiger partial charge in [-0.2, -0.15) is 0 Å². The average Bonchev–Trinajstić information content (AvgIpc) is 2.37. The van der Waals surface area contributed by atoms with E-state index in [1.807, 2.05) is 0 Å². The number of aromatic nitrogens is 1. The molecule has 1 amide bonds. The zero-order chi connectivity index (χ0) is 13.0. The summed E-state index contributed by atoms with van der Waals surface area (Å²) in [5, 5.41) is 3.36. The smallest absolute Gasteiger partial charge is 0.252 e. The van der Waals surface area contributed by atoms with Crippen LogP contribution in [0.25, 0.3) is 0 Å². The van der Waals surface area contributed by atoms with Crippen LogP contribution >= 0.6 is 27.5 Å². The number of nitrogens with one attached hydrogen (secondary N) is 1. The van der Waals surface area contributed by atoms with Crippen LogP contribution in [0.15, 0.2) is 18.5 Å². The third-order valence-corrected chi connectivity index (χ3v) is 4.42. The van der Waals surface area contributed by atoms with Gasteiger partial charge in [0.05, 0.1) is 10.6 Å². The van der Waals surface area contributed by atoms with E-state index in [9.17, 15) is 4.79 Å². The third kappa shape index (κ3) is 3.69. The molecule has 1 heterocycles. The number of hydrogen-bond acceptors (Lipinski definition) is 2. The Labute approximate surface area is 120 Å². The third-order valence-electron chi connectivity index (χ3n) is 3.29. The lowest BCUT2D eigenvalue weighted by atomic mass is 9.89. The molecule has 0 aromatic carbocycles. The highest BCUT2D eigenvalue weighted by molar-refractivity contribution is 9.09. The Hall–Kier alpha value is -0.610. The van der Waals surface area contributed by atoms with Crippen LogP contribution in [0.5, 0.6) is 0 Å². The van der Waals surface area contributed by atoms with Crippen molar-refractivity contribution in [2.24, 2.45) is 5.92 Å². The molecule has 1 aliphatic carbocycles. The number of halogens is 2. The molecular formula is C13H16BrClN2O. The summed E-state index contributed by atoms with van der Waals surface area (Å²) in [5.74, 6) is 0.451. The SMILES string of the molecule is O=C(NCC1CCCC(Br)C1)c1ccncc1Cl. The van der Waals surface area contributed by atoms with E-state index in [0.717, 1.165) is 13.0 Å². The predicted molar refractivity (Wildman–Crippen MR) is 76.3 cm³/mol. The quantitative estimate of drug-likeness (QED) is 0.862. The number of nitrogens with zero attached hydrogens (tertiary/aromatic N) is 1. The van der Waals surface area contributed by atoms with Crippen molar-refractivity contribution >= 4 is 33.4 Å². The average molecular weight is 332 g/mol. The molecule has 98 valence electrons. The number of pyridine rings is 1. The number of amides is 1. The second-order valence-electron chi connectivity index (χ2n) is 4.70. The first-order chi connectivity index (χ1) is 8.66. The summed E-state index contributed by atoms with van der Waals surface area (Å²) in [6.07, 6.45) is 7.85. The highest BCUT2D eigenvalue weighted by Gasteiger charge is 2.20. The van der Waals surface area contributed by atoms with Gasteiger partial charge in [-0.1, -0.05) is 34.0 Å². The molecule has 1 aromatic rings. The van der Waals surface area contributed by atoms with Crippen LogP contribution < -0.4 is 5.32 Å². The minimum atomic E-state index is -0.112. The van der Waals surface area contributed by atoms with Gasteiger partial charge in [-0.15, -0.1) is 0 Å². The van der Waals surface area contributed by atoms with Crippen molar-refractivity contribution in [2.45, 2.75) is 30.5 Å². The zero-order valence-corrected chi connectivity index (χ0v) is 12.4. The van der Waals surface area contributed by atoms with Crippen molar-refractivity contribution in [3.63, 3.8) is 0 Å². The van der Waals surface area contributed by atoms with Crippen molar-refractivity contribution in [1.29, 1.82) is 0 Å². The Balaban J connectivity index is 1.87. The Bertz CT molecular complexity index is 427. The van der Waals surface area contributed by atoms with Gasteiger partial charge in [0.25, 0.3) is 5.91 Å². The summed E-state index contributed by atoms with van der Waals surface area (Å²) in [6.45, 7) is 0.722. The van der Waals surface area contributed by atoms with Crippen LogP contribution in [0.4, 0.5) is 0 Å². The van der Waals surface area contributed by atoms with Gasteiger partial charge < -0.3 is 5.32 Å². The summed E-state index contributed by atoms with van der Waals surface area (Å²) in [4.78, 5) is 16.4. The first kappa shape index (κ1) is 13.8. The van der Waals surface area contributed by atoms with Crippen LogP contribution in [-0.4, -0.2) is 22.3 Å². The maximum atomic E-state index is 12.0. The lowest BCUT2D eigenvalue weighted by Crippen LogP contribution is -2.32. The number of carbonyl (C=O) groups is 1. The summed E-state index contributed by atoms with van der Waals surface area (Å²) in [6, 6.07) is 1.64. The molecule has 1 N–H and O–H groups in total. The monoisotopic (exact) mass is 330 g/mol. The molecule has 1 saturated carbocycles. The van der Waals surface area contributed by atoms with Gasteiger partial charge in [0.15, 0.2) is 0 Å². The molecular weight excluding hydrogens is 316 g/mol. The van der Waals surface area contributed by atoms with Gasteiger partial charge in [-0.3, -0.25) is 9.78 Å². The van der Waals surface area contributed by atoms with E-state index in [1.54, 1.807) is 12.3 Å². The first-order valence-corrected chi connectivity index (χ1v) is 7.48.